The molecule has 7 heteroatoms. The maximum absolute atomic E-state index is 12.5. The average Bonchev–Trinajstić information content (AvgIpc) is 2.12. The number of ether oxygens (including phenoxy) is 1. The molecule has 0 saturated carbocycles. The van der Waals surface area contributed by atoms with Gasteiger partial charge in [0.1, 0.15) is 5.92 Å². The summed E-state index contributed by atoms with van der Waals surface area (Å²) in [7, 11) is 3.15. The number of rotatable bonds is 7. The van der Waals surface area contributed by atoms with Gasteiger partial charge in [-0.05, 0) is 13.5 Å². The van der Waals surface area contributed by atoms with Gasteiger partial charge in [0.05, 0.1) is 4.99 Å². The van der Waals surface area contributed by atoms with Crippen molar-refractivity contribution < 1.29 is 17.9 Å². The minimum absolute atomic E-state index is 0.206. The second-order valence-corrected chi connectivity index (χ2v) is 4.08. The zero-order valence-electron chi connectivity index (χ0n) is 9.38. The number of nitrogens with two attached hydrogens (primary N) is 1. The first-order valence-electron chi connectivity index (χ1n) is 4.82. The van der Waals surface area contributed by atoms with Crippen molar-refractivity contribution in [2.24, 2.45) is 11.7 Å². The van der Waals surface area contributed by atoms with Crippen molar-refractivity contribution >= 4 is 17.2 Å². The summed E-state index contributed by atoms with van der Waals surface area (Å²) in [6, 6.07) is 0. The number of alkyl halides is 3. The van der Waals surface area contributed by atoms with Crippen molar-refractivity contribution in [2.45, 2.75) is 12.6 Å². The SMILES string of the molecule is COCCCN(C)CC(C(N)=S)C(F)(F)F. The molecule has 1 unspecified atom stereocenters. The van der Waals surface area contributed by atoms with E-state index in [1.807, 2.05) is 0 Å². The van der Waals surface area contributed by atoms with Crippen molar-refractivity contribution in [3.63, 3.8) is 0 Å². The van der Waals surface area contributed by atoms with Crippen molar-refractivity contribution in [3.05, 3.63) is 0 Å². The molecular weight excluding hydrogens is 241 g/mol. The Morgan fingerprint density at radius 1 is 1.50 bits per heavy atom. The smallest absolute Gasteiger partial charge is 0.393 e. The van der Waals surface area contributed by atoms with Gasteiger partial charge in [-0.25, -0.2) is 0 Å². The predicted octanol–water partition coefficient (Wildman–Crippen LogP) is 1.42. The first-order valence-corrected chi connectivity index (χ1v) is 5.23. The van der Waals surface area contributed by atoms with Gasteiger partial charge in [-0.15, -0.1) is 0 Å². The Morgan fingerprint density at radius 3 is 2.44 bits per heavy atom. The van der Waals surface area contributed by atoms with Crippen molar-refractivity contribution in [1.29, 1.82) is 0 Å². The summed E-state index contributed by atoms with van der Waals surface area (Å²) < 4.78 is 42.3. The number of nitrogens with zero attached hydrogens (tertiary/aromatic N) is 1. The standard InChI is InChI=1S/C9H17F3N2OS/c1-14(4-3-5-15-2)6-7(8(13)16)9(10,11)12/h7H,3-6H2,1-2H3,(H2,13,16). The molecule has 16 heavy (non-hydrogen) atoms. The van der Waals surface area contributed by atoms with Gasteiger partial charge < -0.3 is 15.4 Å². The monoisotopic (exact) mass is 258 g/mol. The molecular formula is C9H17F3N2OS. The van der Waals surface area contributed by atoms with Crippen LogP contribution < -0.4 is 5.73 Å². The number of thiocarbonyl (C=S) groups is 1. The Hall–Kier alpha value is -0.400. The van der Waals surface area contributed by atoms with Crippen LogP contribution >= 0.6 is 12.2 Å². The summed E-state index contributed by atoms with van der Waals surface area (Å²) in [5.74, 6) is -1.74. The van der Waals surface area contributed by atoms with E-state index in [-0.39, 0.29) is 6.54 Å². The minimum atomic E-state index is -4.37. The van der Waals surface area contributed by atoms with Gasteiger partial charge in [0.25, 0.3) is 0 Å². The van der Waals surface area contributed by atoms with E-state index in [2.05, 4.69) is 12.2 Å². The third-order valence-electron chi connectivity index (χ3n) is 2.12. The molecule has 0 aromatic heterocycles. The third-order valence-corrected chi connectivity index (χ3v) is 2.41. The number of hydrogen-bond donors (Lipinski definition) is 1. The molecule has 1 atom stereocenters. The molecule has 0 saturated heterocycles. The van der Waals surface area contributed by atoms with Crippen LogP contribution in [0.25, 0.3) is 0 Å². The molecule has 0 radical (unpaired) electrons. The molecule has 0 amide bonds. The molecule has 0 aromatic rings. The maximum Gasteiger partial charge on any atom is 0.399 e. The first kappa shape index (κ1) is 15.6. The van der Waals surface area contributed by atoms with Crippen LogP contribution in [0.2, 0.25) is 0 Å². The lowest BCUT2D eigenvalue weighted by Gasteiger charge is -2.25. The van der Waals surface area contributed by atoms with E-state index in [1.165, 1.54) is 0 Å². The zero-order chi connectivity index (χ0) is 12.8. The maximum atomic E-state index is 12.5. The molecule has 0 aliphatic rings. The predicted molar refractivity (Wildman–Crippen MR) is 60.3 cm³/mol. The fraction of sp³-hybridized carbons (Fsp3) is 0.889. The largest absolute Gasteiger partial charge is 0.399 e. The molecule has 96 valence electrons. The van der Waals surface area contributed by atoms with Crippen LogP contribution in [0, 0.1) is 5.92 Å². The van der Waals surface area contributed by atoms with Gasteiger partial charge in [0.2, 0.25) is 0 Å². The summed E-state index contributed by atoms with van der Waals surface area (Å²) in [4.78, 5) is 1.04. The van der Waals surface area contributed by atoms with E-state index in [9.17, 15) is 13.2 Å². The minimum Gasteiger partial charge on any atom is -0.393 e. The molecule has 0 spiro atoms. The summed E-state index contributed by atoms with van der Waals surface area (Å²) in [6.45, 7) is 0.833. The Morgan fingerprint density at radius 2 is 2.06 bits per heavy atom. The van der Waals surface area contributed by atoms with E-state index >= 15 is 0 Å². The van der Waals surface area contributed by atoms with E-state index in [1.54, 1.807) is 19.1 Å². The molecule has 0 rings (SSSR count). The Kier molecular flexibility index (Phi) is 6.85. The molecule has 2 N–H and O–H groups in total. The van der Waals surface area contributed by atoms with E-state index in [0.717, 1.165) is 0 Å². The van der Waals surface area contributed by atoms with Gasteiger partial charge in [-0.1, -0.05) is 12.2 Å². The van der Waals surface area contributed by atoms with Crippen molar-refractivity contribution in [2.75, 3.05) is 33.9 Å². The second kappa shape index (κ2) is 7.03. The molecule has 0 aliphatic carbocycles. The average molecular weight is 258 g/mol. The lowest BCUT2D eigenvalue weighted by molar-refractivity contribution is -0.158. The van der Waals surface area contributed by atoms with Crippen LogP contribution in [-0.4, -0.2) is 49.9 Å². The number of halogens is 3. The van der Waals surface area contributed by atoms with E-state index in [0.29, 0.717) is 19.6 Å². The van der Waals surface area contributed by atoms with Gasteiger partial charge >= 0.3 is 6.18 Å². The van der Waals surface area contributed by atoms with Crippen molar-refractivity contribution in [3.8, 4) is 0 Å². The van der Waals surface area contributed by atoms with Crippen LogP contribution in [0.15, 0.2) is 0 Å². The second-order valence-electron chi connectivity index (χ2n) is 3.61. The molecule has 0 bridgehead atoms. The molecule has 0 aliphatic heterocycles. The zero-order valence-corrected chi connectivity index (χ0v) is 10.2. The number of methoxy groups -OCH3 is 1. The highest BCUT2D eigenvalue weighted by atomic mass is 32.1. The summed E-state index contributed by atoms with van der Waals surface area (Å²) >= 11 is 4.43. The van der Waals surface area contributed by atoms with Crippen LogP contribution in [0.5, 0.6) is 0 Å². The van der Waals surface area contributed by atoms with Gasteiger partial charge in [0, 0.05) is 26.8 Å². The first-order chi connectivity index (χ1) is 7.29. The van der Waals surface area contributed by atoms with Crippen LogP contribution in [0.3, 0.4) is 0 Å². The topological polar surface area (TPSA) is 38.5 Å². The molecule has 0 heterocycles. The van der Waals surface area contributed by atoms with Crippen LogP contribution in [-0.2, 0) is 4.74 Å². The Labute approximate surface area is 98.7 Å². The van der Waals surface area contributed by atoms with E-state index in [4.69, 9.17) is 10.5 Å². The summed E-state index contributed by atoms with van der Waals surface area (Å²) in [5.41, 5.74) is 5.09. The highest BCUT2D eigenvalue weighted by Crippen LogP contribution is 2.27. The summed E-state index contributed by atoms with van der Waals surface area (Å²) in [5, 5.41) is 0. The van der Waals surface area contributed by atoms with Gasteiger partial charge in [0.15, 0.2) is 0 Å². The van der Waals surface area contributed by atoms with Crippen LogP contribution in [0.4, 0.5) is 13.2 Å². The van der Waals surface area contributed by atoms with Crippen molar-refractivity contribution in [1.82, 2.24) is 4.90 Å². The lowest BCUT2D eigenvalue weighted by atomic mass is 10.1. The lowest BCUT2D eigenvalue weighted by Crippen LogP contribution is -2.42. The van der Waals surface area contributed by atoms with Crippen LogP contribution in [0.1, 0.15) is 6.42 Å². The Balaban J connectivity index is 4.15. The van der Waals surface area contributed by atoms with E-state index < -0.39 is 17.1 Å². The highest BCUT2D eigenvalue weighted by molar-refractivity contribution is 7.80. The quantitative estimate of drug-likeness (QED) is 0.553. The summed E-state index contributed by atoms with van der Waals surface area (Å²) in [6.07, 6.45) is -3.70. The normalized spacial score (nSPS) is 14.1. The molecule has 3 nitrogen and oxygen atoms in total. The van der Waals surface area contributed by atoms with Gasteiger partial charge in [-0.2, -0.15) is 13.2 Å². The van der Waals surface area contributed by atoms with Gasteiger partial charge in [-0.3, -0.25) is 0 Å². The molecule has 0 aromatic carbocycles. The fourth-order valence-electron chi connectivity index (χ4n) is 1.24. The third kappa shape index (κ3) is 6.24. The fourth-order valence-corrected chi connectivity index (χ4v) is 1.44. The highest BCUT2D eigenvalue weighted by Gasteiger charge is 2.42. The molecule has 0 fully saturated rings. The Bertz CT molecular complexity index is 223. The number of hydrogen-bond acceptors (Lipinski definition) is 3.